The maximum Gasteiger partial charge on any atom is 0.268 e. The van der Waals surface area contributed by atoms with E-state index in [0.717, 1.165) is 38.5 Å². The van der Waals surface area contributed by atoms with Crippen LogP contribution in [0.5, 0.6) is 0 Å². The third-order valence-corrected chi connectivity index (χ3v) is 9.06. The van der Waals surface area contributed by atoms with Gasteiger partial charge in [-0.05, 0) is 12.8 Å². The fraction of sp³-hybridized carbons (Fsp3) is 0.971. The highest BCUT2D eigenvalue weighted by molar-refractivity contribution is 7.45. The van der Waals surface area contributed by atoms with Gasteiger partial charge in [0.1, 0.15) is 13.2 Å². The lowest BCUT2D eigenvalue weighted by atomic mass is 10.0. The van der Waals surface area contributed by atoms with E-state index >= 15 is 0 Å². The molecule has 0 fully saturated rings. The van der Waals surface area contributed by atoms with Crippen LogP contribution in [0.1, 0.15) is 162 Å². The van der Waals surface area contributed by atoms with Gasteiger partial charge < -0.3 is 28.8 Å². The Kier molecular flexibility index (Phi) is 27.5. The van der Waals surface area contributed by atoms with Crippen molar-refractivity contribution in [3.8, 4) is 0 Å². The predicted molar refractivity (Wildman–Crippen MR) is 178 cm³/mol. The van der Waals surface area contributed by atoms with Gasteiger partial charge in [-0.15, -0.1) is 0 Å². The normalized spacial score (nSPS) is 14.9. The number of likely N-dealkylation sites (N-methyl/N-ethyl adjacent to an activating group) is 1. The summed E-state index contributed by atoms with van der Waals surface area (Å²) < 4.78 is 23.1. The molecule has 0 aliphatic rings. The summed E-state index contributed by atoms with van der Waals surface area (Å²) in [4.78, 5) is 25.0. The second kappa shape index (κ2) is 27.8. The lowest BCUT2D eigenvalue weighted by Gasteiger charge is -2.30. The zero-order chi connectivity index (χ0) is 32.2. The molecule has 0 saturated carbocycles. The number of nitrogens with zero attached hydrogens (tertiary/aromatic N) is 1. The molecule has 0 radical (unpaired) electrons. The van der Waals surface area contributed by atoms with Crippen LogP contribution in [0.25, 0.3) is 0 Å². The second-order valence-corrected chi connectivity index (χ2v) is 15.0. The van der Waals surface area contributed by atoms with Crippen molar-refractivity contribution in [3.63, 3.8) is 0 Å². The Balaban J connectivity index is 4.47. The van der Waals surface area contributed by atoms with Gasteiger partial charge >= 0.3 is 0 Å². The fourth-order valence-electron chi connectivity index (χ4n) is 5.16. The van der Waals surface area contributed by atoms with Crippen LogP contribution in [-0.2, 0) is 18.4 Å². The molecule has 3 atom stereocenters. The first kappa shape index (κ1) is 42.5. The number of amides is 1. The number of phosphoric acid groups is 1. The monoisotopic (exact) mass is 635 g/mol. The van der Waals surface area contributed by atoms with E-state index < -0.39 is 20.0 Å². The number of carbonyl (C=O) groups excluding carboxylic acids is 1. The van der Waals surface area contributed by atoms with Crippen LogP contribution in [0.15, 0.2) is 0 Å². The van der Waals surface area contributed by atoms with Gasteiger partial charge in [0.25, 0.3) is 7.82 Å². The van der Waals surface area contributed by atoms with Gasteiger partial charge in [-0.3, -0.25) is 9.36 Å². The standard InChI is InChI=1S/C34H71N2O6P/c1-6-8-10-12-14-16-17-18-19-20-21-23-25-27-33(37)32(31-42-43(39,40)41-30-29-36(3,4)5)35-34(38)28-26-24-22-15-13-11-9-7-2/h32-33,37H,6-31H2,1-5H3,(H-,35,38,39,40). The van der Waals surface area contributed by atoms with Crippen LogP contribution in [0.2, 0.25) is 0 Å². The number of rotatable bonds is 32. The third-order valence-electron chi connectivity index (χ3n) is 8.10. The van der Waals surface area contributed by atoms with E-state index in [0.29, 0.717) is 23.9 Å². The first-order valence-corrected chi connectivity index (χ1v) is 19.3. The molecule has 0 aromatic carbocycles. The number of carbonyl (C=O) groups is 1. The van der Waals surface area contributed by atoms with E-state index in [2.05, 4.69) is 19.2 Å². The molecule has 1 amide bonds. The molecule has 0 spiro atoms. The van der Waals surface area contributed by atoms with Crippen LogP contribution in [0.4, 0.5) is 0 Å². The van der Waals surface area contributed by atoms with Crippen molar-refractivity contribution < 1.29 is 32.9 Å². The van der Waals surface area contributed by atoms with Crippen LogP contribution in [-0.4, -0.2) is 68.5 Å². The van der Waals surface area contributed by atoms with Crippen LogP contribution < -0.4 is 10.2 Å². The molecule has 0 aliphatic carbocycles. The minimum absolute atomic E-state index is 0.0151. The van der Waals surface area contributed by atoms with Crippen molar-refractivity contribution in [1.82, 2.24) is 5.32 Å². The lowest BCUT2D eigenvalue weighted by molar-refractivity contribution is -0.870. The summed E-state index contributed by atoms with van der Waals surface area (Å²) in [5.74, 6) is -0.171. The molecular weight excluding hydrogens is 563 g/mol. The number of phosphoric ester groups is 1. The molecule has 0 bridgehead atoms. The molecule has 0 aromatic heterocycles. The first-order valence-electron chi connectivity index (χ1n) is 17.9. The van der Waals surface area contributed by atoms with Crippen molar-refractivity contribution in [1.29, 1.82) is 0 Å². The highest BCUT2D eigenvalue weighted by atomic mass is 31.2. The van der Waals surface area contributed by atoms with Gasteiger partial charge in [-0.25, -0.2) is 0 Å². The number of unbranched alkanes of at least 4 members (excludes halogenated alkanes) is 19. The fourth-order valence-corrected chi connectivity index (χ4v) is 5.88. The summed E-state index contributed by atoms with van der Waals surface area (Å²) in [6.07, 6.45) is 25.3. The minimum atomic E-state index is -4.54. The predicted octanol–water partition coefficient (Wildman–Crippen LogP) is 8.05. The Labute approximate surface area is 266 Å². The Morgan fingerprint density at radius 3 is 1.58 bits per heavy atom. The van der Waals surface area contributed by atoms with E-state index in [1.165, 1.54) is 96.3 Å². The summed E-state index contributed by atoms with van der Waals surface area (Å²) in [5.41, 5.74) is 0. The lowest BCUT2D eigenvalue weighted by Crippen LogP contribution is -2.46. The molecule has 9 heteroatoms. The summed E-state index contributed by atoms with van der Waals surface area (Å²) >= 11 is 0. The van der Waals surface area contributed by atoms with Crippen molar-refractivity contribution in [2.24, 2.45) is 0 Å². The van der Waals surface area contributed by atoms with Gasteiger partial charge in [-0.2, -0.15) is 0 Å². The van der Waals surface area contributed by atoms with Crippen LogP contribution in [0, 0.1) is 0 Å². The molecular formula is C34H71N2O6P. The maximum absolute atomic E-state index is 12.7. The summed E-state index contributed by atoms with van der Waals surface area (Å²) in [6, 6.07) is -0.789. The van der Waals surface area contributed by atoms with Gasteiger partial charge in [0.15, 0.2) is 0 Å². The van der Waals surface area contributed by atoms with E-state index in [9.17, 15) is 19.4 Å². The quantitative estimate of drug-likeness (QED) is 0.0440. The Morgan fingerprint density at radius 1 is 0.721 bits per heavy atom. The second-order valence-electron chi connectivity index (χ2n) is 13.6. The zero-order valence-corrected chi connectivity index (χ0v) is 29.8. The van der Waals surface area contributed by atoms with E-state index in [-0.39, 0.29) is 19.1 Å². The first-order chi connectivity index (χ1) is 20.5. The molecule has 0 rings (SSSR count). The number of hydrogen-bond donors (Lipinski definition) is 2. The van der Waals surface area contributed by atoms with Crippen molar-refractivity contribution in [3.05, 3.63) is 0 Å². The zero-order valence-electron chi connectivity index (χ0n) is 28.9. The van der Waals surface area contributed by atoms with Crippen molar-refractivity contribution in [2.45, 2.75) is 174 Å². The molecule has 43 heavy (non-hydrogen) atoms. The van der Waals surface area contributed by atoms with Gasteiger partial charge in [0.2, 0.25) is 5.91 Å². The SMILES string of the molecule is CCCCCCCCCCCCCCCC(O)C(COP(=O)([O-])OCC[N+](C)(C)C)NC(=O)CCCCCCCCCC. The highest BCUT2D eigenvalue weighted by Gasteiger charge is 2.24. The molecule has 0 aliphatic heterocycles. The molecule has 2 N–H and O–H groups in total. The smallest absolute Gasteiger partial charge is 0.268 e. The number of aliphatic hydroxyl groups excluding tert-OH is 1. The average Bonchev–Trinajstić information content (AvgIpc) is 2.94. The highest BCUT2D eigenvalue weighted by Crippen LogP contribution is 2.38. The largest absolute Gasteiger partial charge is 0.756 e. The van der Waals surface area contributed by atoms with Crippen LogP contribution >= 0.6 is 7.82 Å². The molecule has 8 nitrogen and oxygen atoms in total. The topological polar surface area (TPSA) is 108 Å². The summed E-state index contributed by atoms with van der Waals surface area (Å²) in [7, 11) is 1.31. The Bertz CT molecular complexity index is 688. The third kappa shape index (κ3) is 29.9. The molecule has 0 saturated heterocycles. The van der Waals surface area contributed by atoms with Crippen molar-refractivity contribution >= 4 is 13.7 Å². The Hall–Kier alpha value is -0.500. The summed E-state index contributed by atoms with van der Waals surface area (Å²) in [5, 5.41) is 13.7. The van der Waals surface area contributed by atoms with E-state index in [4.69, 9.17) is 9.05 Å². The summed E-state index contributed by atoms with van der Waals surface area (Å²) in [6.45, 7) is 4.66. The van der Waals surface area contributed by atoms with Gasteiger partial charge in [0.05, 0.1) is 39.9 Å². The van der Waals surface area contributed by atoms with Crippen molar-refractivity contribution in [2.75, 3.05) is 40.9 Å². The molecule has 3 unspecified atom stereocenters. The molecule has 0 aromatic rings. The van der Waals surface area contributed by atoms with E-state index in [1.807, 2.05) is 21.1 Å². The van der Waals surface area contributed by atoms with E-state index in [1.54, 1.807) is 0 Å². The molecule has 258 valence electrons. The number of nitrogens with one attached hydrogen (secondary N) is 1. The number of quaternary nitrogens is 1. The van der Waals surface area contributed by atoms with Crippen LogP contribution in [0.3, 0.4) is 0 Å². The molecule has 0 heterocycles. The number of hydrogen-bond acceptors (Lipinski definition) is 6. The average molecular weight is 635 g/mol. The maximum atomic E-state index is 12.7. The minimum Gasteiger partial charge on any atom is -0.756 e. The van der Waals surface area contributed by atoms with Gasteiger partial charge in [0, 0.05) is 6.42 Å². The number of aliphatic hydroxyl groups is 1. The Morgan fingerprint density at radius 2 is 1.14 bits per heavy atom. The van der Waals surface area contributed by atoms with Gasteiger partial charge in [-0.1, -0.05) is 142 Å².